The Kier molecular flexibility index (Phi) is 4.69. The monoisotopic (exact) mass is 409 g/mol. The van der Waals surface area contributed by atoms with Crippen LogP contribution in [-0.2, 0) is 6.54 Å². The molecule has 3 aromatic rings. The van der Waals surface area contributed by atoms with Crippen molar-refractivity contribution < 1.29 is 10.0 Å². The van der Waals surface area contributed by atoms with Gasteiger partial charge in [0.1, 0.15) is 0 Å². The number of hydrogen-bond acceptors (Lipinski definition) is 7. The maximum atomic E-state index is 11.4. The van der Waals surface area contributed by atoms with Crippen molar-refractivity contribution >= 4 is 33.3 Å². The molecule has 150 valence electrons. The number of fused-ring (bicyclic) bond motifs is 1. The Morgan fingerprint density at radius 2 is 1.90 bits per heavy atom. The fourth-order valence-corrected chi connectivity index (χ4v) is 5.53. The first-order valence-electron chi connectivity index (χ1n) is 9.85. The van der Waals surface area contributed by atoms with E-state index in [1.165, 1.54) is 28.0 Å². The first-order valence-corrected chi connectivity index (χ1v) is 10.7. The van der Waals surface area contributed by atoms with Gasteiger partial charge in [-0.15, -0.1) is 11.3 Å². The number of likely N-dealkylation sites (tertiary alicyclic amines) is 1. The van der Waals surface area contributed by atoms with Crippen LogP contribution in [0.15, 0.2) is 42.0 Å². The fourth-order valence-electron chi connectivity index (χ4n) is 4.57. The van der Waals surface area contributed by atoms with Gasteiger partial charge in [-0.1, -0.05) is 18.2 Å². The van der Waals surface area contributed by atoms with E-state index in [-0.39, 0.29) is 5.56 Å². The van der Waals surface area contributed by atoms with Crippen molar-refractivity contribution in [1.29, 1.82) is 0 Å². The lowest BCUT2D eigenvalue weighted by Gasteiger charge is -2.54. The number of aromatic nitrogens is 2. The largest absolute Gasteiger partial charge is 0.341 e. The molecule has 1 spiro atoms. The van der Waals surface area contributed by atoms with Crippen molar-refractivity contribution in [3.05, 3.63) is 53.2 Å². The number of carbonyl (C=O) groups is 1. The first kappa shape index (κ1) is 18.5. The summed E-state index contributed by atoms with van der Waals surface area (Å²) < 4.78 is 1.37. The van der Waals surface area contributed by atoms with Gasteiger partial charge in [0.25, 0.3) is 5.91 Å². The van der Waals surface area contributed by atoms with Gasteiger partial charge in [-0.25, -0.2) is 15.4 Å². The fraction of sp³-hybridized carbons (Fsp3) is 0.381. The summed E-state index contributed by atoms with van der Waals surface area (Å²) in [6, 6.07) is 8.65. The Labute approximate surface area is 173 Å². The van der Waals surface area contributed by atoms with Gasteiger partial charge >= 0.3 is 0 Å². The smallest absolute Gasteiger partial charge is 0.277 e. The number of nitrogens with one attached hydrogen (secondary N) is 1. The summed E-state index contributed by atoms with van der Waals surface area (Å²) in [6.45, 7) is 5.21. The zero-order valence-electron chi connectivity index (χ0n) is 16.0. The second-order valence-corrected chi connectivity index (χ2v) is 9.01. The van der Waals surface area contributed by atoms with E-state index < -0.39 is 5.91 Å². The number of piperidine rings is 1. The first-order chi connectivity index (χ1) is 14.2. The van der Waals surface area contributed by atoms with Crippen LogP contribution in [0.4, 0.5) is 5.95 Å². The molecule has 2 fully saturated rings. The van der Waals surface area contributed by atoms with E-state index in [0.29, 0.717) is 11.4 Å². The maximum Gasteiger partial charge on any atom is 0.277 e. The molecule has 29 heavy (non-hydrogen) atoms. The van der Waals surface area contributed by atoms with Crippen LogP contribution in [0.2, 0.25) is 0 Å². The Bertz CT molecular complexity index is 1020. The zero-order valence-corrected chi connectivity index (χ0v) is 16.9. The molecular weight excluding hydrogens is 386 g/mol. The normalized spacial score (nSPS) is 18.7. The molecular formula is C21H23N5O2S. The van der Waals surface area contributed by atoms with Crippen molar-refractivity contribution in [2.45, 2.75) is 19.4 Å². The van der Waals surface area contributed by atoms with Crippen LogP contribution < -0.4 is 10.4 Å². The minimum Gasteiger partial charge on any atom is -0.341 e. The van der Waals surface area contributed by atoms with E-state index >= 15 is 0 Å². The summed E-state index contributed by atoms with van der Waals surface area (Å²) in [4.78, 5) is 24.7. The number of hydrogen-bond donors (Lipinski definition) is 2. The summed E-state index contributed by atoms with van der Waals surface area (Å²) >= 11 is 1.83. The third-order valence-corrected chi connectivity index (χ3v) is 7.19. The summed E-state index contributed by atoms with van der Waals surface area (Å²) in [7, 11) is 0. The van der Waals surface area contributed by atoms with E-state index in [9.17, 15) is 4.79 Å². The van der Waals surface area contributed by atoms with Gasteiger partial charge in [-0.3, -0.25) is 14.9 Å². The Morgan fingerprint density at radius 1 is 1.17 bits per heavy atom. The number of carbonyl (C=O) groups excluding carboxylic acids is 1. The van der Waals surface area contributed by atoms with Gasteiger partial charge < -0.3 is 4.90 Å². The molecule has 0 saturated carbocycles. The predicted octanol–water partition coefficient (Wildman–Crippen LogP) is 2.91. The predicted molar refractivity (Wildman–Crippen MR) is 112 cm³/mol. The summed E-state index contributed by atoms with van der Waals surface area (Å²) in [5, 5.41) is 12.4. The van der Waals surface area contributed by atoms with Gasteiger partial charge in [-0.2, -0.15) is 0 Å². The standard InChI is InChI=1S/C21H23N5O2S/c27-19(24-28)15-9-22-20(23-10-15)26-7-5-21(6-8-26)13-25(14-21)11-16-12-29-18-4-2-1-3-17(16)18/h1-4,9-10,12,28H,5-8,11,13-14H2,(H,24,27). The van der Waals surface area contributed by atoms with Crippen molar-refractivity contribution in [2.24, 2.45) is 5.41 Å². The molecule has 4 heterocycles. The highest BCUT2D eigenvalue weighted by atomic mass is 32.1. The lowest BCUT2D eigenvalue weighted by atomic mass is 9.72. The Balaban J connectivity index is 1.16. The number of benzene rings is 1. The molecule has 2 aliphatic heterocycles. The van der Waals surface area contributed by atoms with Crippen LogP contribution in [0.5, 0.6) is 0 Å². The zero-order chi connectivity index (χ0) is 19.8. The SMILES string of the molecule is O=C(NO)c1cnc(N2CCC3(CC2)CN(Cc2csc4ccccc24)C3)nc1. The number of nitrogens with zero attached hydrogens (tertiary/aromatic N) is 4. The highest BCUT2D eigenvalue weighted by Gasteiger charge is 2.44. The highest BCUT2D eigenvalue weighted by molar-refractivity contribution is 7.17. The molecule has 0 radical (unpaired) electrons. The van der Waals surface area contributed by atoms with E-state index in [0.717, 1.165) is 45.6 Å². The molecule has 2 aliphatic rings. The molecule has 2 N–H and O–H groups in total. The second kappa shape index (κ2) is 7.37. The Hall–Kier alpha value is -2.55. The van der Waals surface area contributed by atoms with E-state index in [2.05, 4.69) is 49.4 Å². The molecule has 1 amide bonds. The second-order valence-electron chi connectivity index (χ2n) is 8.10. The summed E-state index contributed by atoms with van der Waals surface area (Å²) in [5.74, 6) is 0.0531. The number of hydroxylamine groups is 1. The van der Waals surface area contributed by atoms with Gasteiger partial charge in [0.2, 0.25) is 5.95 Å². The van der Waals surface area contributed by atoms with Crippen molar-refractivity contribution in [2.75, 3.05) is 31.1 Å². The average Bonchev–Trinajstić information content (AvgIpc) is 3.16. The quantitative estimate of drug-likeness (QED) is 0.509. The number of amides is 1. The third-order valence-electron chi connectivity index (χ3n) is 6.18. The number of thiophene rings is 1. The van der Waals surface area contributed by atoms with Gasteiger partial charge in [0.05, 0.1) is 5.56 Å². The van der Waals surface area contributed by atoms with Gasteiger partial charge in [0.15, 0.2) is 0 Å². The minimum atomic E-state index is -0.595. The van der Waals surface area contributed by atoms with E-state index in [1.807, 2.05) is 11.3 Å². The topological polar surface area (TPSA) is 81.6 Å². The van der Waals surface area contributed by atoms with E-state index in [1.54, 1.807) is 5.48 Å². The molecule has 0 atom stereocenters. The maximum absolute atomic E-state index is 11.4. The molecule has 0 unspecified atom stereocenters. The lowest BCUT2D eigenvalue weighted by Crippen LogP contribution is -2.59. The van der Waals surface area contributed by atoms with Crippen LogP contribution in [0.3, 0.4) is 0 Å². The number of anilines is 1. The molecule has 2 aromatic heterocycles. The van der Waals surface area contributed by atoms with Crippen LogP contribution >= 0.6 is 11.3 Å². The average molecular weight is 410 g/mol. The summed E-state index contributed by atoms with van der Waals surface area (Å²) in [6.07, 6.45) is 5.18. The van der Waals surface area contributed by atoms with Crippen LogP contribution in [0, 0.1) is 5.41 Å². The third kappa shape index (κ3) is 3.48. The summed E-state index contributed by atoms with van der Waals surface area (Å²) in [5.41, 5.74) is 3.71. The van der Waals surface area contributed by atoms with E-state index in [4.69, 9.17) is 5.21 Å². The Morgan fingerprint density at radius 3 is 2.62 bits per heavy atom. The molecule has 1 aromatic carbocycles. The van der Waals surface area contributed by atoms with Crippen LogP contribution in [0.1, 0.15) is 28.8 Å². The lowest BCUT2D eigenvalue weighted by molar-refractivity contribution is -0.0238. The van der Waals surface area contributed by atoms with Crippen molar-refractivity contribution in [3.8, 4) is 0 Å². The van der Waals surface area contributed by atoms with Gasteiger partial charge in [0, 0.05) is 49.8 Å². The minimum absolute atomic E-state index is 0.250. The number of rotatable bonds is 4. The van der Waals surface area contributed by atoms with Crippen LogP contribution in [-0.4, -0.2) is 52.2 Å². The molecule has 8 heteroatoms. The van der Waals surface area contributed by atoms with Crippen molar-refractivity contribution in [3.63, 3.8) is 0 Å². The van der Waals surface area contributed by atoms with Gasteiger partial charge in [-0.05, 0) is 40.7 Å². The molecule has 0 aliphatic carbocycles. The highest BCUT2D eigenvalue weighted by Crippen LogP contribution is 2.42. The van der Waals surface area contributed by atoms with Crippen molar-refractivity contribution in [1.82, 2.24) is 20.3 Å². The molecule has 7 nitrogen and oxygen atoms in total. The molecule has 5 rings (SSSR count). The molecule has 2 saturated heterocycles. The molecule has 0 bridgehead atoms. The van der Waals surface area contributed by atoms with Crippen LogP contribution in [0.25, 0.3) is 10.1 Å².